The van der Waals surface area contributed by atoms with Crippen molar-refractivity contribution in [3.8, 4) is 5.75 Å². The lowest BCUT2D eigenvalue weighted by Crippen LogP contribution is -2.53. The van der Waals surface area contributed by atoms with Crippen LogP contribution in [-0.2, 0) is 6.18 Å². The third-order valence-electron chi connectivity index (χ3n) is 5.75. The number of hydrogen-bond acceptors (Lipinski definition) is 3. The maximum absolute atomic E-state index is 13.7. The number of fused-ring (bicyclic) bond motifs is 2. The van der Waals surface area contributed by atoms with Crippen LogP contribution in [0.5, 0.6) is 5.75 Å². The van der Waals surface area contributed by atoms with E-state index in [4.69, 9.17) is 4.74 Å². The number of aromatic amines is 1. The van der Waals surface area contributed by atoms with Gasteiger partial charge >= 0.3 is 6.18 Å². The van der Waals surface area contributed by atoms with E-state index in [0.29, 0.717) is 28.9 Å². The van der Waals surface area contributed by atoms with Gasteiger partial charge in [-0.25, -0.2) is 4.39 Å². The minimum Gasteiger partial charge on any atom is -0.491 e. The van der Waals surface area contributed by atoms with E-state index in [2.05, 4.69) is 15.2 Å². The van der Waals surface area contributed by atoms with Gasteiger partial charge in [-0.15, -0.1) is 0 Å². The predicted molar refractivity (Wildman–Crippen MR) is 102 cm³/mol. The molecule has 29 heavy (non-hydrogen) atoms. The van der Waals surface area contributed by atoms with Crippen LogP contribution in [0.3, 0.4) is 0 Å². The summed E-state index contributed by atoms with van der Waals surface area (Å²) in [4.78, 5) is 4.73. The minimum absolute atomic E-state index is 0.0120. The van der Waals surface area contributed by atoms with E-state index in [0.717, 1.165) is 31.1 Å². The van der Waals surface area contributed by atoms with Crippen LogP contribution in [0.25, 0.3) is 10.9 Å². The first-order valence-corrected chi connectivity index (χ1v) is 9.52. The molecule has 2 N–H and O–H groups in total. The number of halogens is 4. The van der Waals surface area contributed by atoms with Crippen molar-refractivity contribution in [3.63, 3.8) is 0 Å². The monoisotopic (exact) mass is 405 g/mol. The molecule has 2 atom stereocenters. The molecule has 2 aromatic carbocycles. The van der Waals surface area contributed by atoms with Gasteiger partial charge in [0, 0.05) is 28.2 Å². The molecule has 0 unspecified atom stereocenters. The molecule has 0 saturated carbocycles. The van der Waals surface area contributed by atoms with Crippen LogP contribution in [0.1, 0.15) is 23.7 Å². The zero-order chi connectivity index (χ0) is 20.2. The van der Waals surface area contributed by atoms with Crippen LogP contribution in [-0.4, -0.2) is 35.6 Å². The Morgan fingerprint density at radius 2 is 1.93 bits per heavy atom. The second kappa shape index (κ2) is 6.66. The molecule has 1 saturated heterocycles. The molecule has 4 nitrogen and oxygen atoms in total. The highest BCUT2D eigenvalue weighted by Gasteiger charge is 2.38. The van der Waals surface area contributed by atoms with Crippen LogP contribution in [0.15, 0.2) is 42.5 Å². The Morgan fingerprint density at radius 1 is 1.10 bits per heavy atom. The third-order valence-corrected chi connectivity index (χ3v) is 5.75. The van der Waals surface area contributed by atoms with Gasteiger partial charge in [-0.1, -0.05) is 12.1 Å². The first-order valence-electron chi connectivity index (χ1n) is 9.52. The number of rotatable bonds is 3. The van der Waals surface area contributed by atoms with E-state index < -0.39 is 11.9 Å². The number of likely N-dealkylation sites (tertiary alicyclic amines) is 1. The van der Waals surface area contributed by atoms with Crippen LogP contribution in [0.2, 0.25) is 0 Å². The highest BCUT2D eigenvalue weighted by Crippen LogP contribution is 2.40. The number of alkyl halides is 3. The van der Waals surface area contributed by atoms with Gasteiger partial charge in [-0.2, -0.15) is 13.2 Å². The van der Waals surface area contributed by atoms with Gasteiger partial charge in [0.15, 0.2) is 0 Å². The van der Waals surface area contributed by atoms with Crippen molar-refractivity contribution in [2.45, 2.75) is 24.7 Å². The highest BCUT2D eigenvalue weighted by molar-refractivity contribution is 5.93. The topological polar surface area (TPSA) is 40.3 Å². The summed E-state index contributed by atoms with van der Waals surface area (Å²) in [7, 11) is 0. The quantitative estimate of drug-likeness (QED) is 0.606. The molecule has 3 aromatic rings. The molecule has 0 spiro atoms. The number of H-pyrrole nitrogens is 1. The number of aromatic nitrogens is 1. The largest absolute Gasteiger partial charge is 0.491 e. The average molecular weight is 405 g/mol. The first-order chi connectivity index (χ1) is 13.9. The van der Waals surface area contributed by atoms with Crippen molar-refractivity contribution in [2.24, 2.45) is 0 Å². The van der Waals surface area contributed by atoms with E-state index in [1.54, 1.807) is 24.3 Å². The van der Waals surface area contributed by atoms with Crippen LogP contribution >= 0.6 is 0 Å². The van der Waals surface area contributed by atoms with Crippen molar-refractivity contribution in [1.82, 2.24) is 9.88 Å². The molecule has 1 aromatic heterocycles. The zero-order valence-electron chi connectivity index (χ0n) is 15.4. The van der Waals surface area contributed by atoms with Crippen molar-refractivity contribution in [1.29, 1.82) is 0 Å². The summed E-state index contributed by atoms with van der Waals surface area (Å²) in [6.45, 7) is 2.27. The standard InChI is InChI=1S/C21H19F4N3O/c22-12-5-6-13-18(9-12)29-11-17(28-7-2-8-28)20(13)27-16-4-1-3-15-14(16)10-19(26-15)21(23,24)25/h1,3-6,9-10,17,20,26-27H,2,7-8,11H2/t17-,20-/m0/s1. The second-order valence-electron chi connectivity index (χ2n) is 7.52. The lowest BCUT2D eigenvalue weighted by molar-refractivity contribution is -0.140. The summed E-state index contributed by atoms with van der Waals surface area (Å²) in [6, 6.07) is 10.4. The molecular weight excluding hydrogens is 386 g/mol. The lowest BCUT2D eigenvalue weighted by Gasteiger charge is -2.45. The SMILES string of the molecule is Fc1ccc2c(c1)OC[C@H](N1CCC1)[C@H]2Nc1cccc2[nH]c(C(F)(F)F)cc12. The van der Waals surface area contributed by atoms with Crippen molar-refractivity contribution >= 4 is 16.6 Å². The summed E-state index contributed by atoms with van der Waals surface area (Å²) in [6.07, 6.45) is -3.35. The Kier molecular flexibility index (Phi) is 4.20. The summed E-state index contributed by atoms with van der Waals surface area (Å²) in [5, 5.41) is 3.90. The van der Waals surface area contributed by atoms with E-state index >= 15 is 0 Å². The molecule has 0 bridgehead atoms. The molecule has 0 aliphatic carbocycles. The third kappa shape index (κ3) is 3.21. The predicted octanol–water partition coefficient (Wildman–Crippen LogP) is 4.95. The number of hydrogen-bond donors (Lipinski definition) is 2. The Labute approximate surface area is 164 Å². The molecule has 152 valence electrons. The first kappa shape index (κ1) is 18.3. The molecule has 8 heteroatoms. The van der Waals surface area contributed by atoms with Gasteiger partial charge in [0.2, 0.25) is 0 Å². The van der Waals surface area contributed by atoms with Crippen LogP contribution < -0.4 is 10.1 Å². The number of anilines is 1. The normalized spacial score (nSPS) is 22.1. The van der Waals surface area contributed by atoms with Gasteiger partial charge in [0.05, 0.1) is 12.1 Å². The van der Waals surface area contributed by atoms with Crippen molar-refractivity contribution in [3.05, 3.63) is 59.5 Å². The molecule has 1 fully saturated rings. The number of benzene rings is 2. The van der Waals surface area contributed by atoms with Crippen LogP contribution in [0, 0.1) is 5.82 Å². The molecule has 2 aliphatic heterocycles. The summed E-state index contributed by atoms with van der Waals surface area (Å²) in [5.74, 6) is 0.0870. The van der Waals surface area contributed by atoms with Gasteiger partial charge in [-0.05, 0) is 43.8 Å². The maximum atomic E-state index is 13.7. The summed E-state index contributed by atoms with van der Waals surface area (Å²) < 4.78 is 59.0. The second-order valence-corrected chi connectivity index (χ2v) is 7.52. The van der Waals surface area contributed by atoms with E-state index in [1.165, 1.54) is 12.1 Å². The van der Waals surface area contributed by atoms with Crippen molar-refractivity contribution < 1.29 is 22.3 Å². The Balaban J connectivity index is 1.56. The highest BCUT2D eigenvalue weighted by atomic mass is 19.4. The number of nitrogens with zero attached hydrogens (tertiary/aromatic N) is 1. The van der Waals surface area contributed by atoms with E-state index in [1.807, 2.05) is 0 Å². The Morgan fingerprint density at radius 3 is 2.66 bits per heavy atom. The van der Waals surface area contributed by atoms with Gasteiger partial charge in [0.1, 0.15) is 23.9 Å². The smallest absolute Gasteiger partial charge is 0.431 e. The summed E-state index contributed by atoms with van der Waals surface area (Å²) >= 11 is 0. The van der Waals surface area contributed by atoms with Gasteiger partial charge in [-0.3, -0.25) is 4.90 Å². The molecule has 3 heterocycles. The number of nitrogens with one attached hydrogen (secondary N) is 2. The van der Waals surface area contributed by atoms with E-state index in [9.17, 15) is 17.6 Å². The fourth-order valence-corrected chi connectivity index (χ4v) is 4.13. The fraction of sp³-hybridized carbons (Fsp3) is 0.333. The molecular formula is C21H19F4N3O. The number of ether oxygens (including phenoxy) is 1. The summed E-state index contributed by atoms with van der Waals surface area (Å²) in [5.41, 5.74) is 1.03. The Bertz CT molecular complexity index is 1060. The van der Waals surface area contributed by atoms with Gasteiger partial charge < -0.3 is 15.0 Å². The Hall–Kier alpha value is -2.74. The van der Waals surface area contributed by atoms with E-state index in [-0.39, 0.29) is 17.9 Å². The van der Waals surface area contributed by atoms with Gasteiger partial charge in [0.25, 0.3) is 0 Å². The zero-order valence-corrected chi connectivity index (χ0v) is 15.4. The molecule has 0 radical (unpaired) electrons. The molecule has 5 rings (SSSR count). The average Bonchev–Trinajstić information content (AvgIpc) is 3.07. The van der Waals surface area contributed by atoms with Crippen LogP contribution in [0.4, 0.5) is 23.2 Å². The molecule has 2 aliphatic rings. The fourth-order valence-electron chi connectivity index (χ4n) is 4.13. The maximum Gasteiger partial charge on any atom is 0.431 e. The molecule has 0 amide bonds. The minimum atomic E-state index is -4.45. The van der Waals surface area contributed by atoms with Crippen molar-refractivity contribution in [2.75, 3.05) is 25.0 Å². The lowest BCUT2D eigenvalue weighted by atomic mass is 9.92.